The zero-order valence-electron chi connectivity index (χ0n) is 14.1. The zero-order valence-corrected chi connectivity index (χ0v) is 14.9. The fraction of sp³-hybridized carbons (Fsp3) is 0.294. The third-order valence-corrected chi connectivity index (χ3v) is 5.37. The molecule has 4 nitrogen and oxygen atoms in total. The third kappa shape index (κ3) is 5.10. The molecule has 0 bridgehead atoms. The van der Waals surface area contributed by atoms with Crippen LogP contribution in [-0.2, 0) is 22.7 Å². The standard InChI is InChI=1S/C17H18F4N2O2S/c1-11(2)26(24,25)23-13-5-3-12(4-6-13)10-22-14-7-8-15(16(18)9-14)17(19,20)21/h3-9,11,22-23H,10H2,1-2H3. The van der Waals surface area contributed by atoms with Gasteiger partial charge in [0, 0.05) is 17.9 Å². The van der Waals surface area contributed by atoms with Gasteiger partial charge in [0.15, 0.2) is 0 Å². The minimum Gasteiger partial charge on any atom is -0.381 e. The summed E-state index contributed by atoms with van der Waals surface area (Å²) in [5, 5.41) is 2.25. The van der Waals surface area contributed by atoms with Crippen LogP contribution in [0, 0.1) is 5.82 Å². The molecule has 0 aliphatic carbocycles. The Hall–Kier alpha value is -2.29. The number of hydrogen-bond donors (Lipinski definition) is 2. The number of halogens is 4. The highest BCUT2D eigenvalue weighted by Crippen LogP contribution is 2.32. The molecule has 0 unspecified atom stereocenters. The SMILES string of the molecule is CC(C)S(=O)(=O)Nc1ccc(CNc2ccc(C(F)(F)F)c(F)c2)cc1. The number of anilines is 2. The molecule has 2 rings (SSSR count). The van der Waals surface area contributed by atoms with Gasteiger partial charge < -0.3 is 5.32 Å². The van der Waals surface area contributed by atoms with Gasteiger partial charge in [-0.25, -0.2) is 12.8 Å². The molecule has 0 amide bonds. The summed E-state index contributed by atoms with van der Waals surface area (Å²) in [5.41, 5.74) is 0.0470. The van der Waals surface area contributed by atoms with E-state index in [2.05, 4.69) is 10.0 Å². The van der Waals surface area contributed by atoms with E-state index in [9.17, 15) is 26.0 Å². The topological polar surface area (TPSA) is 58.2 Å². The molecule has 0 aliphatic heterocycles. The Balaban J connectivity index is 2.01. The van der Waals surface area contributed by atoms with Crippen molar-refractivity contribution in [3.05, 3.63) is 59.4 Å². The van der Waals surface area contributed by atoms with Gasteiger partial charge in [0.2, 0.25) is 10.0 Å². The maximum Gasteiger partial charge on any atom is 0.419 e. The van der Waals surface area contributed by atoms with E-state index in [1.807, 2.05) is 0 Å². The van der Waals surface area contributed by atoms with Crippen molar-refractivity contribution >= 4 is 21.4 Å². The predicted molar refractivity (Wildman–Crippen MR) is 92.8 cm³/mol. The van der Waals surface area contributed by atoms with Crippen LogP contribution in [-0.4, -0.2) is 13.7 Å². The first-order valence-electron chi connectivity index (χ1n) is 7.70. The van der Waals surface area contributed by atoms with E-state index in [4.69, 9.17) is 0 Å². The number of hydrogen-bond acceptors (Lipinski definition) is 3. The first kappa shape index (κ1) is 20.0. The van der Waals surface area contributed by atoms with Crippen molar-refractivity contribution < 1.29 is 26.0 Å². The van der Waals surface area contributed by atoms with Crippen LogP contribution >= 0.6 is 0 Å². The van der Waals surface area contributed by atoms with Crippen LogP contribution in [0.4, 0.5) is 28.9 Å². The number of sulfonamides is 1. The van der Waals surface area contributed by atoms with Crippen molar-refractivity contribution in [1.82, 2.24) is 0 Å². The van der Waals surface area contributed by atoms with E-state index in [1.54, 1.807) is 38.1 Å². The highest BCUT2D eigenvalue weighted by molar-refractivity contribution is 7.93. The molecule has 0 aliphatic rings. The van der Waals surface area contributed by atoms with Crippen molar-refractivity contribution in [2.45, 2.75) is 31.8 Å². The lowest BCUT2D eigenvalue weighted by Gasteiger charge is -2.12. The molecule has 0 aromatic heterocycles. The molecule has 26 heavy (non-hydrogen) atoms. The summed E-state index contributed by atoms with van der Waals surface area (Å²) in [6.07, 6.45) is -4.73. The molecule has 0 heterocycles. The first-order chi connectivity index (χ1) is 12.0. The van der Waals surface area contributed by atoms with E-state index in [0.29, 0.717) is 11.8 Å². The fourth-order valence-corrected chi connectivity index (χ4v) is 2.73. The monoisotopic (exact) mass is 390 g/mol. The molecule has 0 saturated carbocycles. The summed E-state index contributed by atoms with van der Waals surface area (Å²) in [7, 11) is -3.44. The van der Waals surface area contributed by atoms with Crippen molar-refractivity contribution in [2.75, 3.05) is 10.0 Å². The lowest BCUT2D eigenvalue weighted by molar-refractivity contribution is -0.139. The molecule has 2 aromatic carbocycles. The second-order valence-electron chi connectivity index (χ2n) is 5.94. The predicted octanol–water partition coefficient (Wildman–Crippen LogP) is 4.61. The van der Waals surface area contributed by atoms with Crippen molar-refractivity contribution in [3.8, 4) is 0 Å². The minimum absolute atomic E-state index is 0.208. The van der Waals surface area contributed by atoms with E-state index in [1.165, 1.54) is 0 Å². The van der Waals surface area contributed by atoms with Crippen molar-refractivity contribution in [1.29, 1.82) is 0 Å². The summed E-state index contributed by atoms with van der Waals surface area (Å²) in [6.45, 7) is 3.36. The van der Waals surface area contributed by atoms with Crippen molar-refractivity contribution in [3.63, 3.8) is 0 Å². The molecule has 142 valence electrons. The molecule has 0 spiro atoms. The lowest BCUT2D eigenvalue weighted by atomic mass is 10.1. The Kier molecular flexibility index (Phi) is 5.80. The molecular weight excluding hydrogens is 372 g/mol. The zero-order chi connectivity index (χ0) is 19.5. The Labute approximate surface area is 149 Å². The van der Waals surface area contributed by atoms with Crippen LogP contribution in [0.15, 0.2) is 42.5 Å². The first-order valence-corrected chi connectivity index (χ1v) is 9.25. The number of nitrogens with one attached hydrogen (secondary N) is 2. The van der Waals surface area contributed by atoms with Gasteiger partial charge in [-0.3, -0.25) is 4.72 Å². The molecule has 0 atom stereocenters. The van der Waals surface area contributed by atoms with Crippen molar-refractivity contribution in [2.24, 2.45) is 0 Å². The van der Waals surface area contributed by atoms with Gasteiger partial charge in [-0.1, -0.05) is 12.1 Å². The second kappa shape index (κ2) is 7.53. The van der Waals surface area contributed by atoms with Gasteiger partial charge in [-0.05, 0) is 49.7 Å². The van der Waals surface area contributed by atoms with Crippen LogP contribution in [0.25, 0.3) is 0 Å². The van der Waals surface area contributed by atoms with Crippen LogP contribution in [0.5, 0.6) is 0 Å². The maximum absolute atomic E-state index is 13.5. The van der Waals surface area contributed by atoms with E-state index in [-0.39, 0.29) is 12.2 Å². The number of rotatable bonds is 6. The fourth-order valence-electron chi connectivity index (χ4n) is 2.03. The number of alkyl halides is 3. The van der Waals surface area contributed by atoms with Gasteiger partial charge in [0.1, 0.15) is 5.82 Å². The van der Waals surface area contributed by atoms with Gasteiger partial charge >= 0.3 is 6.18 Å². The summed E-state index contributed by atoms with van der Waals surface area (Å²) < 4.78 is 77.1. The molecule has 2 aromatic rings. The minimum atomic E-state index is -4.73. The average molecular weight is 390 g/mol. The van der Waals surface area contributed by atoms with Crippen LogP contribution in [0.1, 0.15) is 25.0 Å². The molecular formula is C17H18F4N2O2S. The molecule has 0 radical (unpaired) electrons. The van der Waals surface area contributed by atoms with Gasteiger partial charge in [-0.15, -0.1) is 0 Å². The maximum atomic E-state index is 13.5. The largest absolute Gasteiger partial charge is 0.419 e. The highest BCUT2D eigenvalue weighted by Gasteiger charge is 2.33. The summed E-state index contributed by atoms with van der Waals surface area (Å²) >= 11 is 0. The molecule has 9 heteroatoms. The highest BCUT2D eigenvalue weighted by atomic mass is 32.2. The van der Waals surface area contributed by atoms with Crippen LogP contribution < -0.4 is 10.0 Å². The van der Waals surface area contributed by atoms with Gasteiger partial charge in [-0.2, -0.15) is 13.2 Å². The van der Waals surface area contributed by atoms with Gasteiger partial charge in [0.25, 0.3) is 0 Å². The van der Waals surface area contributed by atoms with Gasteiger partial charge in [0.05, 0.1) is 10.8 Å². The molecule has 2 N–H and O–H groups in total. The van der Waals surface area contributed by atoms with Crippen LogP contribution in [0.3, 0.4) is 0 Å². The third-order valence-electron chi connectivity index (χ3n) is 3.61. The summed E-state index contributed by atoms with van der Waals surface area (Å²) in [6, 6.07) is 9.08. The molecule has 0 fully saturated rings. The molecule has 0 saturated heterocycles. The Morgan fingerprint density at radius 2 is 1.58 bits per heavy atom. The summed E-state index contributed by atoms with van der Waals surface area (Å²) in [5.74, 6) is -1.35. The Morgan fingerprint density at radius 3 is 2.08 bits per heavy atom. The van der Waals surface area contributed by atoms with E-state index < -0.39 is 32.8 Å². The Bertz CT molecular complexity index is 863. The quantitative estimate of drug-likeness (QED) is 0.709. The van der Waals surface area contributed by atoms with E-state index in [0.717, 1.165) is 17.7 Å². The lowest BCUT2D eigenvalue weighted by Crippen LogP contribution is -2.22. The van der Waals surface area contributed by atoms with Crippen LogP contribution in [0.2, 0.25) is 0 Å². The smallest absolute Gasteiger partial charge is 0.381 e. The van der Waals surface area contributed by atoms with E-state index >= 15 is 0 Å². The average Bonchev–Trinajstić information content (AvgIpc) is 2.52. The second-order valence-corrected chi connectivity index (χ2v) is 8.18. The summed E-state index contributed by atoms with van der Waals surface area (Å²) in [4.78, 5) is 0. The Morgan fingerprint density at radius 1 is 1.00 bits per heavy atom. The number of benzene rings is 2. The normalized spacial score (nSPS) is 12.3.